The third-order valence-electron chi connectivity index (χ3n) is 3.60. The predicted molar refractivity (Wildman–Crippen MR) is 76.4 cm³/mol. The first-order chi connectivity index (χ1) is 9.93. The van der Waals surface area contributed by atoms with Crippen molar-refractivity contribution < 1.29 is 19.1 Å². The number of hydrogen-bond donors (Lipinski definition) is 2. The second-order valence-electron chi connectivity index (χ2n) is 5.01. The smallest absolute Gasteiger partial charge is 0.261 e. The van der Waals surface area contributed by atoms with Gasteiger partial charge in [-0.3, -0.25) is 9.59 Å². The second-order valence-corrected chi connectivity index (χ2v) is 5.41. The van der Waals surface area contributed by atoms with E-state index in [1.165, 1.54) is 12.3 Å². The fourth-order valence-corrected chi connectivity index (χ4v) is 2.82. The third kappa shape index (κ3) is 2.05. The number of carbonyl (C=O) groups is 2. The van der Waals surface area contributed by atoms with Gasteiger partial charge in [-0.15, -0.1) is 0 Å². The molecule has 21 heavy (non-hydrogen) atoms. The van der Waals surface area contributed by atoms with Crippen molar-refractivity contribution in [2.45, 2.75) is 18.9 Å². The van der Waals surface area contributed by atoms with Gasteiger partial charge in [-0.2, -0.15) is 0 Å². The molecule has 0 saturated heterocycles. The number of rotatable bonds is 3. The van der Waals surface area contributed by atoms with E-state index in [1.807, 2.05) is 0 Å². The van der Waals surface area contributed by atoms with E-state index in [4.69, 9.17) is 16.0 Å². The van der Waals surface area contributed by atoms with Crippen LogP contribution >= 0.6 is 11.6 Å². The molecule has 0 aliphatic carbocycles. The van der Waals surface area contributed by atoms with Crippen LogP contribution < -0.4 is 5.32 Å². The van der Waals surface area contributed by atoms with Crippen molar-refractivity contribution in [3.05, 3.63) is 52.4 Å². The van der Waals surface area contributed by atoms with Gasteiger partial charge in [-0.1, -0.05) is 17.7 Å². The molecular formula is C15H12ClNO4. The fraction of sp³-hybridized carbons (Fsp3) is 0.200. The number of hydrogen-bond acceptors (Lipinski definition) is 4. The number of furan rings is 1. The maximum Gasteiger partial charge on any atom is 0.261 e. The molecule has 1 aromatic heterocycles. The first-order valence-corrected chi connectivity index (χ1v) is 6.71. The summed E-state index contributed by atoms with van der Waals surface area (Å²) in [6.45, 7) is 1.79. The molecule has 0 fully saturated rings. The Morgan fingerprint density at radius 1 is 1.43 bits per heavy atom. The van der Waals surface area contributed by atoms with Crippen LogP contribution in [0.1, 0.15) is 28.1 Å². The van der Waals surface area contributed by atoms with Gasteiger partial charge in [-0.05, 0) is 30.7 Å². The van der Waals surface area contributed by atoms with Gasteiger partial charge in [0.15, 0.2) is 11.4 Å². The van der Waals surface area contributed by atoms with Gasteiger partial charge in [0.25, 0.3) is 5.91 Å². The highest BCUT2D eigenvalue weighted by Gasteiger charge is 2.49. The SMILES string of the molecule is Cc1ccc(Cl)c2c1NC(=O)[C@@]2(O)CC(=O)c1ccco1. The lowest BCUT2D eigenvalue weighted by molar-refractivity contribution is -0.133. The van der Waals surface area contributed by atoms with Crippen LogP contribution in [0.4, 0.5) is 5.69 Å². The number of Topliss-reactive ketones (excluding diaryl/α,β-unsaturated/α-hetero) is 1. The zero-order valence-corrected chi connectivity index (χ0v) is 11.9. The average Bonchev–Trinajstić information content (AvgIpc) is 3.03. The van der Waals surface area contributed by atoms with Gasteiger partial charge >= 0.3 is 0 Å². The number of halogens is 1. The molecule has 5 nitrogen and oxygen atoms in total. The quantitative estimate of drug-likeness (QED) is 0.854. The standard InChI is InChI=1S/C15H12ClNO4/c1-8-4-5-9(16)12-13(8)17-14(19)15(12,20)7-10(18)11-3-2-6-21-11/h2-6,20H,7H2,1H3,(H,17,19)/t15-/m1/s1. The van der Waals surface area contributed by atoms with Crippen molar-refractivity contribution in [2.24, 2.45) is 0 Å². The molecule has 1 aliphatic rings. The lowest BCUT2D eigenvalue weighted by atomic mass is 9.88. The van der Waals surface area contributed by atoms with Crippen molar-refractivity contribution in [3.8, 4) is 0 Å². The number of benzene rings is 1. The maximum absolute atomic E-state index is 12.2. The van der Waals surface area contributed by atoms with Crippen molar-refractivity contribution in [1.29, 1.82) is 0 Å². The highest BCUT2D eigenvalue weighted by molar-refractivity contribution is 6.33. The molecule has 1 aromatic carbocycles. The minimum atomic E-state index is -1.98. The summed E-state index contributed by atoms with van der Waals surface area (Å²) in [6, 6.07) is 6.38. The Morgan fingerprint density at radius 2 is 2.19 bits per heavy atom. The fourth-order valence-electron chi connectivity index (χ4n) is 2.50. The zero-order valence-electron chi connectivity index (χ0n) is 11.1. The molecule has 0 unspecified atom stereocenters. The summed E-state index contributed by atoms with van der Waals surface area (Å²) >= 11 is 6.11. The number of ketones is 1. The van der Waals surface area contributed by atoms with E-state index in [1.54, 1.807) is 25.1 Å². The maximum atomic E-state index is 12.2. The minimum absolute atomic E-state index is 0.0912. The Labute approximate surface area is 125 Å². The molecule has 6 heteroatoms. The summed E-state index contributed by atoms with van der Waals surface area (Å²) in [5.74, 6) is -1.04. The Hall–Kier alpha value is -2.11. The molecule has 1 aliphatic heterocycles. The molecule has 0 spiro atoms. The summed E-state index contributed by atoms with van der Waals surface area (Å²) in [7, 11) is 0. The minimum Gasteiger partial charge on any atom is -0.461 e. The molecule has 1 atom stereocenters. The molecule has 3 rings (SSSR count). The molecule has 2 N–H and O–H groups in total. The van der Waals surface area contributed by atoms with Crippen molar-refractivity contribution in [1.82, 2.24) is 0 Å². The summed E-state index contributed by atoms with van der Waals surface area (Å²) in [5, 5.41) is 13.6. The van der Waals surface area contributed by atoms with Crippen LogP contribution in [0.5, 0.6) is 0 Å². The Bertz CT molecular complexity index is 738. The molecule has 2 aromatic rings. The predicted octanol–water partition coefficient (Wildman–Crippen LogP) is 2.65. The number of aryl methyl sites for hydroxylation is 1. The Kier molecular flexibility index (Phi) is 3.11. The van der Waals surface area contributed by atoms with Crippen LogP contribution in [-0.4, -0.2) is 16.8 Å². The molecule has 2 heterocycles. The summed E-state index contributed by atoms with van der Waals surface area (Å²) in [4.78, 5) is 24.3. The molecule has 0 saturated carbocycles. The van der Waals surface area contributed by atoms with E-state index in [-0.39, 0.29) is 16.3 Å². The number of fused-ring (bicyclic) bond motifs is 1. The Morgan fingerprint density at radius 3 is 2.86 bits per heavy atom. The first-order valence-electron chi connectivity index (χ1n) is 6.33. The van der Waals surface area contributed by atoms with Crippen LogP contribution in [0.15, 0.2) is 34.9 Å². The van der Waals surface area contributed by atoms with Crippen molar-refractivity contribution >= 4 is 29.0 Å². The average molecular weight is 306 g/mol. The van der Waals surface area contributed by atoms with Crippen LogP contribution in [0.25, 0.3) is 0 Å². The van der Waals surface area contributed by atoms with Gasteiger partial charge in [0, 0.05) is 10.6 Å². The van der Waals surface area contributed by atoms with Crippen LogP contribution in [0.3, 0.4) is 0 Å². The van der Waals surface area contributed by atoms with Gasteiger partial charge in [0.05, 0.1) is 18.4 Å². The van der Waals surface area contributed by atoms with E-state index >= 15 is 0 Å². The lowest BCUT2D eigenvalue weighted by Gasteiger charge is -2.20. The topological polar surface area (TPSA) is 79.5 Å². The highest BCUT2D eigenvalue weighted by atomic mass is 35.5. The van der Waals surface area contributed by atoms with E-state index in [2.05, 4.69) is 5.32 Å². The third-order valence-corrected chi connectivity index (χ3v) is 3.92. The molecule has 0 bridgehead atoms. The summed E-state index contributed by atoms with van der Waals surface area (Å²) in [5.41, 5.74) is -0.511. The van der Waals surface area contributed by atoms with E-state index in [0.29, 0.717) is 5.69 Å². The van der Waals surface area contributed by atoms with Crippen LogP contribution in [0.2, 0.25) is 5.02 Å². The number of aliphatic hydroxyl groups is 1. The molecule has 108 valence electrons. The molecular weight excluding hydrogens is 294 g/mol. The van der Waals surface area contributed by atoms with Crippen LogP contribution in [0, 0.1) is 6.92 Å². The van der Waals surface area contributed by atoms with E-state index < -0.39 is 23.7 Å². The van der Waals surface area contributed by atoms with Gasteiger partial charge in [-0.25, -0.2) is 0 Å². The largest absolute Gasteiger partial charge is 0.461 e. The number of nitrogens with one attached hydrogen (secondary N) is 1. The molecule has 1 amide bonds. The monoisotopic (exact) mass is 305 g/mol. The van der Waals surface area contributed by atoms with Crippen LogP contribution in [-0.2, 0) is 10.4 Å². The summed E-state index contributed by atoms with van der Waals surface area (Å²) in [6.07, 6.45) is 0.930. The Balaban J connectivity index is 2.05. The highest BCUT2D eigenvalue weighted by Crippen LogP contribution is 2.44. The second kappa shape index (κ2) is 4.72. The van der Waals surface area contributed by atoms with Gasteiger partial charge < -0.3 is 14.8 Å². The number of carbonyl (C=O) groups excluding carboxylic acids is 2. The first kappa shape index (κ1) is 13.9. The van der Waals surface area contributed by atoms with E-state index in [0.717, 1.165) is 5.56 Å². The number of anilines is 1. The lowest BCUT2D eigenvalue weighted by Crippen LogP contribution is -2.36. The zero-order chi connectivity index (χ0) is 15.2. The number of amides is 1. The normalized spacial score (nSPS) is 20.2. The van der Waals surface area contributed by atoms with Crippen molar-refractivity contribution in [2.75, 3.05) is 5.32 Å². The van der Waals surface area contributed by atoms with Crippen molar-refractivity contribution in [3.63, 3.8) is 0 Å². The van der Waals surface area contributed by atoms with Gasteiger partial charge in [0.2, 0.25) is 5.78 Å². The summed E-state index contributed by atoms with van der Waals surface area (Å²) < 4.78 is 5.00. The molecule has 0 radical (unpaired) electrons. The van der Waals surface area contributed by atoms with Gasteiger partial charge in [0.1, 0.15) is 0 Å². The van der Waals surface area contributed by atoms with E-state index in [9.17, 15) is 14.7 Å².